The maximum absolute atomic E-state index is 13.6. The first-order chi connectivity index (χ1) is 8.60. The Kier molecular flexibility index (Phi) is 5.49. The second-order valence-corrected chi connectivity index (χ2v) is 3.90. The van der Waals surface area contributed by atoms with E-state index < -0.39 is 17.7 Å². The van der Waals surface area contributed by atoms with Crippen LogP contribution in [0, 0.1) is 0 Å². The van der Waals surface area contributed by atoms with Crippen molar-refractivity contribution in [3.8, 4) is 5.75 Å². The molecule has 0 N–H and O–H groups in total. The monoisotopic (exact) mass is 252 g/mol. The summed E-state index contributed by atoms with van der Waals surface area (Å²) in [5, 5.41) is 0. The molecule has 0 amide bonds. The highest BCUT2D eigenvalue weighted by Crippen LogP contribution is 2.15. The summed E-state index contributed by atoms with van der Waals surface area (Å²) >= 11 is 0. The lowest BCUT2D eigenvalue weighted by Gasteiger charge is -2.07. The third-order valence-electron chi connectivity index (χ3n) is 2.46. The number of alkyl halides is 1. The van der Waals surface area contributed by atoms with Gasteiger partial charge >= 0.3 is 0 Å². The maximum Gasteiger partial charge on any atom is 0.220 e. The van der Waals surface area contributed by atoms with E-state index in [4.69, 9.17) is 4.74 Å². The van der Waals surface area contributed by atoms with E-state index in [1.54, 1.807) is 19.1 Å². The number of carbonyl (C=O) groups excluding carboxylic acids is 2. The smallest absolute Gasteiger partial charge is 0.220 e. The molecular weight excluding hydrogens is 235 g/mol. The van der Waals surface area contributed by atoms with Gasteiger partial charge in [0.1, 0.15) is 5.75 Å². The van der Waals surface area contributed by atoms with Crippen LogP contribution in [0.2, 0.25) is 0 Å². The van der Waals surface area contributed by atoms with Gasteiger partial charge in [-0.25, -0.2) is 4.39 Å². The molecule has 3 nitrogen and oxygen atoms in total. The van der Waals surface area contributed by atoms with E-state index in [9.17, 15) is 14.0 Å². The molecule has 0 saturated heterocycles. The van der Waals surface area contributed by atoms with Crippen molar-refractivity contribution < 1.29 is 18.7 Å². The molecule has 0 aliphatic rings. The zero-order valence-corrected chi connectivity index (χ0v) is 10.6. The standard InChI is InChI=1S/C14H17FO3/c1-3-5-12(16)13(15)14(17)10-6-8-11(9-7-10)18-4-2/h6-9,13H,3-5H2,1-2H3. The molecule has 0 spiro atoms. The number of hydrogen-bond donors (Lipinski definition) is 0. The van der Waals surface area contributed by atoms with E-state index in [0.717, 1.165) is 0 Å². The zero-order valence-electron chi connectivity index (χ0n) is 10.6. The number of Topliss-reactive ketones (excluding diaryl/α,β-unsaturated/α-hetero) is 2. The van der Waals surface area contributed by atoms with E-state index in [1.807, 2.05) is 6.92 Å². The predicted octanol–water partition coefficient (Wildman–Crippen LogP) is 2.98. The van der Waals surface area contributed by atoms with Crippen LogP contribution < -0.4 is 4.74 Å². The fourth-order valence-electron chi connectivity index (χ4n) is 1.55. The molecule has 0 aliphatic heterocycles. The summed E-state index contributed by atoms with van der Waals surface area (Å²) < 4.78 is 18.8. The highest BCUT2D eigenvalue weighted by Gasteiger charge is 2.25. The third kappa shape index (κ3) is 3.65. The second kappa shape index (κ2) is 6.89. The molecule has 1 aromatic rings. The zero-order chi connectivity index (χ0) is 13.5. The topological polar surface area (TPSA) is 43.4 Å². The highest BCUT2D eigenvalue weighted by atomic mass is 19.1. The lowest BCUT2D eigenvalue weighted by Crippen LogP contribution is -2.25. The van der Waals surface area contributed by atoms with Crippen molar-refractivity contribution in [1.82, 2.24) is 0 Å². The molecule has 0 saturated carbocycles. The fourth-order valence-corrected chi connectivity index (χ4v) is 1.55. The van der Waals surface area contributed by atoms with Crippen molar-refractivity contribution in [1.29, 1.82) is 0 Å². The van der Waals surface area contributed by atoms with Crippen molar-refractivity contribution in [3.63, 3.8) is 0 Å². The Balaban J connectivity index is 2.74. The molecule has 1 rings (SSSR count). The Labute approximate surface area is 106 Å². The quantitative estimate of drug-likeness (QED) is 0.553. The molecule has 0 aliphatic carbocycles. The van der Waals surface area contributed by atoms with Crippen molar-refractivity contribution in [2.75, 3.05) is 6.61 Å². The normalized spacial score (nSPS) is 11.9. The number of hydrogen-bond acceptors (Lipinski definition) is 3. The van der Waals surface area contributed by atoms with E-state index in [-0.39, 0.29) is 12.0 Å². The minimum atomic E-state index is -2.05. The van der Waals surface area contributed by atoms with Gasteiger partial charge in [0.25, 0.3) is 0 Å². The van der Waals surface area contributed by atoms with Gasteiger partial charge in [0.05, 0.1) is 6.61 Å². The molecule has 18 heavy (non-hydrogen) atoms. The maximum atomic E-state index is 13.6. The average Bonchev–Trinajstić information content (AvgIpc) is 2.38. The summed E-state index contributed by atoms with van der Waals surface area (Å²) in [6, 6.07) is 6.12. The van der Waals surface area contributed by atoms with Gasteiger partial charge in [-0.1, -0.05) is 6.92 Å². The number of benzene rings is 1. The van der Waals surface area contributed by atoms with E-state index in [0.29, 0.717) is 18.8 Å². The van der Waals surface area contributed by atoms with E-state index in [2.05, 4.69) is 0 Å². The number of halogens is 1. The van der Waals surface area contributed by atoms with Gasteiger partial charge in [0, 0.05) is 12.0 Å². The summed E-state index contributed by atoms with van der Waals surface area (Å²) in [5.74, 6) is -0.822. The average molecular weight is 252 g/mol. The lowest BCUT2D eigenvalue weighted by molar-refractivity contribution is -0.122. The molecule has 4 heteroatoms. The van der Waals surface area contributed by atoms with Gasteiger partial charge in [-0.15, -0.1) is 0 Å². The summed E-state index contributed by atoms with van der Waals surface area (Å²) in [4.78, 5) is 23.0. The molecule has 0 bridgehead atoms. The molecule has 1 aromatic carbocycles. The van der Waals surface area contributed by atoms with Crippen LogP contribution in [0.1, 0.15) is 37.0 Å². The number of ketones is 2. The number of ether oxygens (including phenoxy) is 1. The van der Waals surface area contributed by atoms with Crippen molar-refractivity contribution in [3.05, 3.63) is 29.8 Å². The summed E-state index contributed by atoms with van der Waals surface area (Å²) in [6.45, 7) is 4.14. The third-order valence-corrected chi connectivity index (χ3v) is 2.46. The van der Waals surface area contributed by atoms with Crippen LogP contribution in [-0.2, 0) is 4.79 Å². The first kappa shape index (κ1) is 14.4. The SMILES string of the molecule is CCCC(=O)C(F)C(=O)c1ccc(OCC)cc1. The summed E-state index contributed by atoms with van der Waals surface area (Å²) in [5.41, 5.74) is 0.190. The van der Waals surface area contributed by atoms with Crippen LogP contribution in [0.25, 0.3) is 0 Å². The highest BCUT2D eigenvalue weighted by molar-refractivity contribution is 6.13. The first-order valence-electron chi connectivity index (χ1n) is 6.04. The Morgan fingerprint density at radius 1 is 1.22 bits per heavy atom. The molecule has 1 unspecified atom stereocenters. The molecular formula is C14H17FO3. The predicted molar refractivity (Wildman–Crippen MR) is 66.8 cm³/mol. The van der Waals surface area contributed by atoms with Gasteiger partial charge in [0.15, 0.2) is 5.78 Å². The minimum absolute atomic E-state index is 0.0872. The number of rotatable bonds is 7. The Hall–Kier alpha value is -1.71. The molecule has 0 heterocycles. The van der Waals surface area contributed by atoms with Crippen LogP contribution >= 0.6 is 0 Å². The molecule has 98 valence electrons. The van der Waals surface area contributed by atoms with Crippen molar-refractivity contribution in [2.45, 2.75) is 32.9 Å². The molecule has 1 atom stereocenters. The van der Waals surface area contributed by atoms with Gasteiger partial charge < -0.3 is 4.74 Å². The van der Waals surface area contributed by atoms with Crippen LogP contribution in [0.4, 0.5) is 4.39 Å². The Morgan fingerprint density at radius 2 is 1.83 bits per heavy atom. The Morgan fingerprint density at radius 3 is 2.33 bits per heavy atom. The van der Waals surface area contributed by atoms with Crippen LogP contribution in [-0.4, -0.2) is 24.3 Å². The fraction of sp³-hybridized carbons (Fsp3) is 0.429. The minimum Gasteiger partial charge on any atom is -0.494 e. The Bertz CT molecular complexity index is 412. The summed E-state index contributed by atoms with van der Waals surface area (Å²) in [7, 11) is 0. The molecule has 0 fully saturated rings. The largest absolute Gasteiger partial charge is 0.494 e. The van der Waals surface area contributed by atoms with E-state index >= 15 is 0 Å². The van der Waals surface area contributed by atoms with Crippen LogP contribution in [0.15, 0.2) is 24.3 Å². The van der Waals surface area contributed by atoms with Gasteiger partial charge in [0.2, 0.25) is 12.0 Å². The number of carbonyl (C=O) groups is 2. The second-order valence-electron chi connectivity index (χ2n) is 3.90. The van der Waals surface area contributed by atoms with Crippen LogP contribution in [0.3, 0.4) is 0 Å². The van der Waals surface area contributed by atoms with E-state index in [1.165, 1.54) is 12.1 Å². The van der Waals surface area contributed by atoms with Crippen molar-refractivity contribution in [2.24, 2.45) is 0 Å². The van der Waals surface area contributed by atoms with Gasteiger partial charge in [-0.05, 0) is 37.6 Å². The van der Waals surface area contributed by atoms with Crippen molar-refractivity contribution >= 4 is 11.6 Å². The lowest BCUT2D eigenvalue weighted by atomic mass is 10.0. The van der Waals surface area contributed by atoms with Gasteiger partial charge in [-0.2, -0.15) is 0 Å². The summed E-state index contributed by atoms with van der Waals surface area (Å²) in [6.07, 6.45) is -1.43. The molecule has 0 aromatic heterocycles. The van der Waals surface area contributed by atoms with Gasteiger partial charge in [-0.3, -0.25) is 9.59 Å². The first-order valence-corrected chi connectivity index (χ1v) is 6.04. The van der Waals surface area contributed by atoms with Crippen LogP contribution in [0.5, 0.6) is 5.75 Å². The molecule has 0 radical (unpaired) electrons.